The van der Waals surface area contributed by atoms with Gasteiger partial charge in [0.1, 0.15) is 0 Å². The minimum atomic E-state index is 0.361. The molecule has 3 nitrogen and oxygen atoms in total. The fourth-order valence-electron chi connectivity index (χ4n) is 2.66. The van der Waals surface area contributed by atoms with E-state index in [-0.39, 0.29) is 0 Å². The molecule has 3 rings (SSSR count). The lowest BCUT2D eigenvalue weighted by Crippen LogP contribution is -2.36. The van der Waals surface area contributed by atoms with Gasteiger partial charge in [0.05, 0.1) is 0 Å². The van der Waals surface area contributed by atoms with Crippen molar-refractivity contribution in [3.05, 3.63) is 30.1 Å². The average molecular weight is 245 g/mol. The molecule has 2 N–H and O–H groups in total. The van der Waals surface area contributed by atoms with E-state index in [4.69, 9.17) is 5.73 Å². The summed E-state index contributed by atoms with van der Waals surface area (Å²) in [7, 11) is 0. The van der Waals surface area contributed by atoms with Crippen LogP contribution < -0.4 is 5.73 Å². The summed E-state index contributed by atoms with van der Waals surface area (Å²) >= 11 is 0. The van der Waals surface area contributed by atoms with Gasteiger partial charge in [0, 0.05) is 38.1 Å². The van der Waals surface area contributed by atoms with Gasteiger partial charge in [0.15, 0.2) is 0 Å². The number of nitrogens with two attached hydrogens (primary N) is 1. The molecule has 2 fully saturated rings. The third-order valence-corrected chi connectivity index (χ3v) is 4.11. The number of nitrogens with zero attached hydrogens (tertiary/aromatic N) is 2. The summed E-state index contributed by atoms with van der Waals surface area (Å²) in [5.74, 6) is 1.85. The van der Waals surface area contributed by atoms with E-state index in [1.807, 2.05) is 18.5 Å². The summed E-state index contributed by atoms with van der Waals surface area (Å²) in [5.41, 5.74) is 7.31. The van der Waals surface area contributed by atoms with Crippen molar-refractivity contribution in [3.8, 4) is 0 Å². The molecule has 98 valence electrons. The zero-order chi connectivity index (χ0) is 12.4. The lowest BCUT2D eigenvalue weighted by Gasteiger charge is -2.31. The Hall–Kier alpha value is -0.930. The van der Waals surface area contributed by atoms with Gasteiger partial charge >= 0.3 is 0 Å². The molecule has 18 heavy (non-hydrogen) atoms. The standard InChI is InChI=1S/C15H23N3/c16-8-15(14-2-1-7-17-9-14)18(10-12-3-4-12)11-13-5-6-13/h1-2,7,9,12-13,15H,3-6,8,10-11,16H2. The molecular weight excluding hydrogens is 222 g/mol. The first-order valence-corrected chi connectivity index (χ1v) is 7.21. The minimum absolute atomic E-state index is 0.361. The zero-order valence-electron chi connectivity index (χ0n) is 11.0. The summed E-state index contributed by atoms with van der Waals surface area (Å²) in [6, 6.07) is 4.54. The maximum atomic E-state index is 6.03. The molecular formula is C15H23N3. The van der Waals surface area contributed by atoms with E-state index < -0.39 is 0 Å². The molecule has 0 spiro atoms. The lowest BCUT2D eigenvalue weighted by atomic mass is 10.1. The molecule has 1 aromatic heterocycles. The van der Waals surface area contributed by atoms with Gasteiger partial charge in [-0.3, -0.25) is 9.88 Å². The maximum Gasteiger partial charge on any atom is 0.0485 e. The van der Waals surface area contributed by atoms with Gasteiger partial charge in [-0.1, -0.05) is 6.07 Å². The van der Waals surface area contributed by atoms with Gasteiger partial charge in [0.2, 0.25) is 0 Å². The summed E-state index contributed by atoms with van der Waals surface area (Å²) in [6.45, 7) is 3.16. The lowest BCUT2D eigenvalue weighted by molar-refractivity contribution is 0.184. The van der Waals surface area contributed by atoms with Crippen LogP contribution in [0.3, 0.4) is 0 Å². The second kappa shape index (κ2) is 5.37. The molecule has 0 aromatic carbocycles. The number of pyridine rings is 1. The molecule has 0 saturated heterocycles. The largest absolute Gasteiger partial charge is 0.329 e. The third-order valence-electron chi connectivity index (χ3n) is 4.11. The highest BCUT2D eigenvalue weighted by atomic mass is 15.2. The Kier molecular flexibility index (Phi) is 3.62. The van der Waals surface area contributed by atoms with E-state index in [2.05, 4.69) is 16.0 Å². The maximum absolute atomic E-state index is 6.03. The van der Waals surface area contributed by atoms with Crippen LogP contribution in [0, 0.1) is 11.8 Å². The van der Waals surface area contributed by atoms with E-state index in [0.29, 0.717) is 12.6 Å². The van der Waals surface area contributed by atoms with Crippen molar-refractivity contribution in [2.75, 3.05) is 19.6 Å². The summed E-state index contributed by atoms with van der Waals surface area (Å²) < 4.78 is 0. The third kappa shape index (κ3) is 3.09. The highest BCUT2D eigenvalue weighted by molar-refractivity contribution is 5.15. The van der Waals surface area contributed by atoms with Crippen LogP contribution in [-0.2, 0) is 0 Å². The SMILES string of the molecule is NCC(c1cccnc1)N(CC1CC1)CC1CC1. The Labute approximate surface area is 109 Å². The van der Waals surface area contributed by atoms with Gasteiger partial charge in [-0.25, -0.2) is 0 Å². The number of hydrogen-bond donors (Lipinski definition) is 1. The van der Waals surface area contributed by atoms with E-state index >= 15 is 0 Å². The van der Waals surface area contributed by atoms with Crippen LogP contribution in [0.25, 0.3) is 0 Å². The Bertz CT molecular complexity index is 357. The average Bonchev–Trinajstić information content (AvgIpc) is 3.27. The van der Waals surface area contributed by atoms with Crippen LogP contribution in [0.1, 0.15) is 37.3 Å². The Morgan fingerprint density at radius 3 is 2.33 bits per heavy atom. The van der Waals surface area contributed by atoms with Crippen LogP contribution in [0.15, 0.2) is 24.5 Å². The van der Waals surface area contributed by atoms with Crippen LogP contribution in [0.5, 0.6) is 0 Å². The predicted octanol–water partition coefficient (Wildman–Crippen LogP) is 2.20. The second-order valence-corrected chi connectivity index (χ2v) is 5.88. The fraction of sp³-hybridized carbons (Fsp3) is 0.667. The van der Waals surface area contributed by atoms with Crippen LogP contribution in [0.4, 0.5) is 0 Å². The van der Waals surface area contributed by atoms with Crippen molar-refractivity contribution in [3.63, 3.8) is 0 Å². The van der Waals surface area contributed by atoms with Gasteiger partial charge < -0.3 is 5.73 Å². The summed E-state index contributed by atoms with van der Waals surface area (Å²) in [5, 5.41) is 0. The van der Waals surface area contributed by atoms with Gasteiger partial charge in [0.25, 0.3) is 0 Å². The van der Waals surface area contributed by atoms with Crippen molar-refractivity contribution in [2.24, 2.45) is 17.6 Å². The van der Waals surface area contributed by atoms with Gasteiger partial charge in [-0.05, 0) is 49.1 Å². The highest BCUT2D eigenvalue weighted by Crippen LogP contribution is 2.36. The zero-order valence-corrected chi connectivity index (χ0v) is 11.0. The van der Waals surface area contributed by atoms with Gasteiger partial charge in [-0.15, -0.1) is 0 Å². The molecule has 0 aliphatic heterocycles. The summed E-state index contributed by atoms with van der Waals surface area (Å²) in [4.78, 5) is 6.86. The van der Waals surface area contributed by atoms with E-state index in [1.54, 1.807) is 0 Å². The first-order chi connectivity index (χ1) is 8.86. The first-order valence-electron chi connectivity index (χ1n) is 7.21. The minimum Gasteiger partial charge on any atom is -0.329 e. The molecule has 0 bridgehead atoms. The Morgan fingerprint density at radius 2 is 1.89 bits per heavy atom. The van der Waals surface area contributed by atoms with Crippen LogP contribution >= 0.6 is 0 Å². The number of rotatable bonds is 7. The molecule has 2 saturated carbocycles. The smallest absolute Gasteiger partial charge is 0.0485 e. The topological polar surface area (TPSA) is 42.1 Å². The monoisotopic (exact) mass is 245 g/mol. The van der Waals surface area contributed by atoms with Crippen molar-refractivity contribution in [1.82, 2.24) is 9.88 Å². The first kappa shape index (κ1) is 12.1. The van der Waals surface area contributed by atoms with Crippen LogP contribution in [-0.4, -0.2) is 29.5 Å². The van der Waals surface area contributed by atoms with E-state index in [0.717, 1.165) is 11.8 Å². The molecule has 1 heterocycles. The van der Waals surface area contributed by atoms with Crippen molar-refractivity contribution >= 4 is 0 Å². The molecule has 0 amide bonds. The number of hydrogen-bond acceptors (Lipinski definition) is 3. The molecule has 0 radical (unpaired) electrons. The van der Waals surface area contributed by atoms with Crippen molar-refractivity contribution in [1.29, 1.82) is 0 Å². The molecule has 3 heteroatoms. The predicted molar refractivity (Wildman–Crippen MR) is 73.1 cm³/mol. The Balaban J connectivity index is 1.71. The van der Waals surface area contributed by atoms with Crippen molar-refractivity contribution < 1.29 is 0 Å². The quantitative estimate of drug-likeness (QED) is 0.801. The van der Waals surface area contributed by atoms with E-state index in [1.165, 1.54) is 44.3 Å². The van der Waals surface area contributed by atoms with Gasteiger partial charge in [-0.2, -0.15) is 0 Å². The molecule has 1 atom stereocenters. The van der Waals surface area contributed by atoms with Crippen LogP contribution in [0.2, 0.25) is 0 Å². The molecule has 2 aliphatic carbocycles. The second-order valence-electron chi connectivity index (χ2n) is 5.88. The summed E-state index contributed by atoms with van der Waals surface area (Å²) in [6.07, 6.45) is 9.45. The normalized spacial score (nSPS) is 21.2. The molecule has 1 aromatic rings. The fourth-order valence-corrected chi connectivity index (χ4v) is 2.66. The van der Waals surface area contributed by atoms with E-state index in [9.17, 15) is 0 Å². The highest BCUT2D eigenvalue weighted by Gasteiger charge is 2.32. The number of aromatic nitrogens is 1. The Morgan fingerprint density at radius 1 is 1.22 bits per heavy atom. The van der Waals surface area contributed by atoms with Crippen molar-refractivity contribution in [2.45, 2.75) is 31.7 Å². The molecule has 1 unspecified atom stereocenters. The molecule has 2 aliphatic rings.